The summed E-state index contributed by atoms with van der Waals surface area (Å²) in [5, 5.41) is 91.7. The molecule has 20 rings (SSSR count). The highest BCUT2D eigenvalue weighted by Gasteiger charge is 2.72. The molecule has 17 heteroatoms. The number of amides is 1. The lowest BCUT2D eigenvalue weighted by Crippen LogP contribution is -2.72. The maximum atomic E-state index is 15.5. The van der Waals surface area contributed by atoms with Gasteiger partial charge in [-0.25, -0.2) is 9.78 Å². The molecule has 2 saturated heterocycles. The number of aromatic amines is 1. The Morgan fingerprint density at radius 1 is 0.988 bits per heavy atom. The van der Waals surface area contributed by atoms with Crippen LogP contribution < -0.4 is 20.8 Å². The number of aliphatic hydroxyl groups excluding tert-OH is 4. The minimum Gasteiger partial charge on any atom is -0.508 e. The van der Waals surface area contributed by atoms with Crippen LogP contribution in [-0.2, 0) is 33.8 Å². The van der Waals surface area contributed by atoms with E-state index in [1.54, 1.807) is 25.1 Å². The molecule has 15 bridgehead atoms. The van der Waals surface area contributed by atoms with Crippen LogP contribution >= 0.6 is 0 Å². The van der Waals surface area contributed by atoms with Gasteiger partial charge in [-0.15, -0.1) is 0 Å². The van der Waals surface area contributed by atoms with Crippen LogP contribution in [0.5, 0.6) is 17.2 Å². The molecule has 6 aromatic rings. The van der Waals surface area contributed by atoms with Crippen molar-refractivity contribution >= 4 is 38.6 Å². The molecular formula is C68H70N4O13. The fraction of sp³-hybridized carbons (Fsp3) is 0.471. The maximum absolute atomic E-state index is 15.5. The van der Waals surface area contributed by atoms with Crippen molar-refractivity contribution in [3.05, 3.63) is 140 Å². The maximum Gasteiger partial charge on any atom is 0.226 e. The van der Waals surface area contributed by atoms with Crippen molar-refractivity contribution in [2.75, 3.05) is 20.2 Å². The first kappa shape index (κ1) is 53.5. The first-order valence-corrected chi connectivity index (χ1v) is 30.4. The lowest BCUT2D eigenvalue weighted by atomic mass is 9.44. The van der Waals surface area contributed by atoms with E-state index in [0.29, 0.717) is 82.3 Å². The SMILES string of the molecule is CCc1c2cc3[nH]c2cn1-c1c2c(cc4c(=O)cc(C)oc14)C[C@H]1OO[C@]4([C@@](O)(Cc5ccc(O)c6ccc(O)cc56)[C@@H](O)[C@H](O)[C@H](O)CO)C=CC5=C(CC4)[C@@H]4[C@@H]6C(=C[C@H]([C@H]5NC)[C@@]41O2)C#CC[C@H]1CC[C@@]2(C[C@@]14C=C[C@H]3CC4)C(=O)NC[C@H]62. The second kappa shape index (κ2) is 18.5. The molecule has 1 saturated carbocycles. The zero-order valence-corrected chi connectivity index (χ0v) is 47.7. The van der Waals surface area contributed by atoms with Crippen molar-refractivity contribution in [1.29, 1.82) is 0 Å². The number of phenolic OH excluding ortho intramolecular Hbond substituents is 2. The minimum atomic E-state index is -2.65. The van der Waals surface area contributed by atoms with Gasteiger partial charge in [0, 0.05) is 101 Å². The Morgan fingerprint density at radius 2 is 1.85 bits per heavy atom. The summed E-state index contributed by atoms with van der Waals surface area (Å²) in [4.78, 5) is 48.3. The highest BCUT2D eigenvalue weighted by molar-refractivity contribution is 5.94. The number of likely N-dealkylation sites (N-methyl/N-ethyl adjacent to an activating group) is 1. The smallest absolute Gasteiger partial charge is 0.226 e. The largest absolute Gasteiger partial charge is 0.508 e. The van der Waals surface area contributed by atoms with E-state index in [2.05, 4.69) is 69.4 Å². The summed E-state index contributed by atoms with van der Waals surface area (Å²) in [7, 11) is 1.91. The molecular weight excluding hydrogens is 1080 g/mol. The number of aromatic nitrogens is 2. The molecule has 14 aliphatic rings. The van der Waals surface area contributed by atoms with Gasteiger partial charge in [-0.05, 0) is 142 Å². The van der Waals surface area contributed by atoms with Crippen molar-refractivity contribution in [2.24, 2.45) is 40.4 Å². The molecule has 17 nitrogen and oxygen atoms in total. The lowest BCUT2D eigenvalue weighted by molar-refractivity contribution is -0.429. The predicted octanol–water partition coefficient (Wildman–Crippen LogP) is 6.70. The first-order valence-electron chi connectivity index (χ1n) is 30.4. The van der Waals surface area contributed by atoms with Gasteiger partial charge in [0.2, 0.25) is 5.91 Å². The summed E-state index contributed by atoms with van der Waals surface area (Å²) >= 11 is 0. The first-order chi connectivity index (χ1) is 41.0. The topological polar surface area (TPSA) is 261 Å². The van der Waals surface area contributed by atoms with Crippen LogP contribution in [0.2, 0.25) is 0 Å². The Balaban J connectivity index is 0.992. The number of carbonyl (C=O) groups is 1. The standard InChI is InChI=1S/C68H70N4O13/c1-4-50-44-27-48-34-12-17-64(18-13-34)32-65-19-14-38(64)7-5-6-35-24-46-57(69-3)42-16-21-66(67(81,62(79)59(78)53(77)31-73)28-36-8-11-51(75)40-10-9-39(74)26-43(36)40)20-15-41(42)56(55(35)47(65)29-70-63(65)80)68(46)54(84-85-66)25-37-23-45-52(76)22-33(2)82-61(45)58(60(37)83-68)72(50)30-49(44)71-48/h8-12,16-17,21-24,26-27,30,34,38,46-47,53-57,59,62,69,71,73-75,77-79,81H,4,7,13-15,18-20,25,28-29,31-32H2,1-3H3,(H,70,80)/t34-,38-,46+,47+,53+,54+,55+,56+,57-,59+,62-,64-,65-,66-,67+,68-/m0/s1. The van der Waals surface area contributed by atoms with E-state index in [1.807, 2.05) is 19.2 Å². The Morgan fingerprint density at radius 3 is 2.65 bits per heavy atom. The van der Waals surface area contributed by atoms with Gasteiger partial charge in [-0.2, -0.15) is 0 Å². The fourth-order valence-corrected chi connectivity index (χ4v) is 18.7. The molecule has 0 unspecified atom stereocenters. The van der Waals surface area contributed by atoms with E-state index in [-0.39, 0.29) is 65.3 Å². The van der Waals surface area contributed by atoms with E-state index in [1.165, 1.54) is 24.3 Å². The molecule has 3 fully saturated rings. The Kier molecular flexibility index (Phi) is 11.7. The number of nitrogens with zero attached hydrogens (tertiary/aromatic N) is 1. The number of hydrogen-bond acceptors (Lipinski definition) is 14. The van der Waals surface area contributed by atoms with Gasteiger partial charge in [0.25, 0.3) is 0 Å². The molecule has 3 spiro atoms. The van der Waals surface area contributed by atoms with E-state index < -0.39 is 83.5 Å². The third kappa shape index (κ3) is 7.10. The molecule has 10 heterocycles. The average Bonchev–Trinajstić information content (AvgIpc) is 1.65. The molecule has 3 aromatic carbocycles. The Hall–Kier alpha value is -6.98. The van der Waals surface area contributed by atoms with Crippen molar-refractivity contribution in [1.82, 2.24) is 20.2 Å². The molecule has 16 atom stereocenters. The molecule has 7 aliphatic carbocycles. The van der Waals surface area contributed by atoms with E-state index in [4.69, 9.17) is 18.9 Å². The number of allylic oxidation sites excluding steroid dienone is 3. The van der Waals surface area contributed by atoms with Gasteiger partial charge in [-0.3, -0.25) is 9.59 Å². The summed E-state index contributed by atoms with van der Waals surface area (Å²) < 4.78 is 17.3. The van der Waals surface area contributed by atoms with Crippen molar-refractivity contribution in [3.8, 4) is 34.8 Å². The summed E-state index contributed by atoms with van der Waals surface area (Å²) in [5.74, 6) is 6.82. The van der Waals surface area contributed by atoms with Gasteiger partial charge >= 0.3 is 0 Å². The van der Waals surface area contributed by atoms with Crippen LogP contribution in [0.25, 0.3) is 38.3 Å². The van der Waals surface area contributed by atoms with Crippen molar-refractivity contribution < 1.29 is 59.5 Å². The van der Waals surface area contributed by atoms with Gasteiger partial charge in [0.05, 0.1) is 22.9 Å². The van der Waals surface area contributed by atoms with Crippen LogP contribution in [0.1, 0.15) is 92.5 Å². The number of aryl methyl sites for hydroxylation is 2. The number of benzene rings is 3. The number of fused-ring (bicyclic) bond motifs is 6. The monoisotopic (exact) mass is 1150 g/mol. The summed E-state index contributed by atoms with van der Waals surface area (Å²) in [6, 6.07) is 12.5. The third-order valence-electron chi connectivity index (χ3n) is 22.8. The average molecular weight is 1150 g/mol. The molecule has 10 N–H and O–H groups in total. The molecule has 7 aliphatic heterocycles. The van der Waals surface area contributed by atoms with Crippen LogP contribution in [0.15, 0.2) is 111 Å². The van der Waals surface area contributed by atoms with Crippen LogP contribution in [0.3, 0.4) is 0 Å². The second-order valence-electron chi connectivity index (χ2n) is 26.5. The minimum absolute atomic E-state index is 0.0522. The summed E-state index contributed by atoms with van der Waals surface area (Å²) in [5.41, 5.74) is 0.147. The number of rotatable bonds is 9. The Labute approximate surface area is 489 Å². The normalized spacial score (nSPS) is 34.4. The van der Waals surface area contributed by atoms with Crippen molar-refractivity contribution in [2.45, 2.75) is 138 Å². The number of ether oxygens (including phenoxy) is 1. The molecule has 0 radical (unpaired) electrons. The molecule has 85 heavy (non-hydrogen) atoms. The fourth-order valence-electron chi connectivity index (χ4n) is 18.7. The molecule has 440 valence electrons. The highest BCUT2D eigenvalue weighted by atomic mass is 17.2. The highest BCUT2D eigenvalue weighted by Crippen LogP contribution is 2.68. The molecule has 1 amide bonds. The number of H-pyrrole nitrogens is 1. The number of aliphatic hydroxyl groups is 5. The number of hydrogen-bond donors (Lipinski definition) is 10. The quantitative estimate of drug-likeness (QED) is 0.0411. The second-order valence-corrected chi connectivity index (χ2v) is 26.5. The third-order valence-corrected chi connectivity index (χ3v) is 22.8. The van der Waals surface area contributed by atoms with Gasteiger partial charge < -0.3 is 65.1 Å². The zero-order chi connectivity index (χ0) is 58.4. The number of aromatic hydroxyl groups is 2. The van der Waals surface area contributed by atoms with E-state index in [0.717, 1.165) is 58.3 Å². The van der Waals surface area contributed by atoms with Crippen LogP contribution in [0, 0.1) is 59.2 Å². The van der Waals surface area contributed by atoms with Crippen molar-refractivity contribution in [3.63, 3.8) is 0 Å². The van der Waals surface area contributed by atoms with Crippen LogP contribution in [0.4, 0.5) is 0 Å². The lowest BCUT2D eigenvalue weighted by Gasteiger charge is -2.63. The van der Waals surface area contributed by atoms with Crippen LogP contribution in [-0.4, -0.2) is 119 Å². The van der Waals surface area contributed by atoms with E-state index >= 15 is 4.79 Å². The Bertz CT molecular complexity index is 4160. The molecule has 3 aromatic heterocycles. The summed E-state index contributed by atoms with van der Waals surface area (Å²) in [6.07, 6.45) is 10.3. The van der Waals surface area contributed by atoms with Gasteiger partial charge in [0.15, 0.2) is 28.0 Å². The van der Waals surface area contributed by atoms with Gasteiger partial charge in [-0.1, -0.05) is 54.7 Å². The summed E-state index contributed by atoms with van der Waals surface area (Å²) in [6.45, 7) is 3.34. The number of carbonyl (C=O) groups excluding carboxylic acids is 1. The zero-order valence-electron chi connectivity index (χ0n) is 47.7. The number of phenols is 2. The predicted molar refractivity (Wildman–Crippen MR) is 314 cm³/mol. The van der Waals surface area contributed by atoms with E-state index in [9.17, 15) is 40.5 Å². The van der Waals surface area contributed by atoms with Gasteiger partial charge in [0.1, 0.15) is 53.0 Å². The number of nitrogens with one attached hydrogen (secondary N) is 3.